The number of nitrogen functional groups attached to an aromatic ring is 1. The van der Waals surface area contributed by atoms with Gasteiger partial charge in [0.25, 0.3) is 0 Å². The lowest BCUT2D eigenvalue weighted by atomic mass is 11.1. The van der Waals surface area contributed by atoms with Crippen molar-refractivity contribution in [3.63, 3.8) is 0 Å². The highest BCUT2D eigenvalue weighted by atomic mass is 79.9. The van der Waals surface area contributed by atoms with Crippen LogP contribution in [0.5, 0.6) is 0 Å². The van der Waals surface area contributed by atoms with Gasteiger partial charge in [0.15, 0.2) is 0 Å². The van der Waals surface area contributed by atoms with Gasteiger partial charge >= 0.3 is 0 Å². The van der Waals surface area contributed by atoms with Gasteiger partial charge in [0.2, 0.25) is 15.8 Å². The smallest absolute Gasteiger partial charge is 0.241 e. The van der Waals surface area contributed by atoms with Gasteiger partial charge in [0.1, 0.15) is 5.51 Å². The van der Waals surface area contributed by atoms with E-state index in [4.69, 9.17) is 5.73 Å². The molecule has 0 fully saturated rings. The minimum absolute atomic E-state index is 0.206. The van der Waals surface area contributed by atoms with Crippen molar-refractivity contribution in [1.82, 2.24) is 25.0 Å². The average molecular weight is 247 g/mol. The number of aromatic nitrogens is 5. The van der Waals surface area contributed by atoms with Gasteiger partial charge in [-0.2, -0.15) is 9.67 Å². The quantitative estimate of drug-likeness (QED) is 0.791. The van der Waals surface area contributed by atoms with Crippen LogP contribution in [0.4, 0.5) is 5.95 Å². The molecule has 8 heteroatoms. The molecule has 6 nitrogen and oxygen atoms in total. The minimum Gasteiger partial charge on any atom is -0.366 e. The molecule has 0 atom stereocenters. The molecule has 2 aromatic heterocycles. The highest BCUT2D eigenvalue weighted by Crippen LogP contribution is 2.15. The largest absolute Gasteiger partial charge is 0.366 e. The fourth-order valence-corrected chi connectivity index (χ4v) is 1.75. The molecule has 0 aliphatic carbocycles. The SMILES string of the molecule is Nc1nc(Br)n(-c2nncs2)n1. The van der Waals surface area contributed by atoms with Crippen LogP contribution in [-0.4, -0.2) is 25.0 Å². The molecule has 0 aliphatic rings. The minimum atomic E-state index is 0.206. The second kappa shape index (κ2) is 2.79. The monoisotopic (exact) mass is 246 g/mol. The van der Waals surface area contributed by atoms with Gasteiger partial charge < -0.3 is 5.73 Å². The first-order chi connectivity index (χ1) is 5.77. The molecule has 2 heterocycles. The van der Waals surface area contributed by atoms with Gasteiger partial charge in [-0.1, -0.05) is 11.3 Å². The number of hydrogen-bond acceptors (Lipinski definition) is 6. The Morgan fingerprint density at radius 3 is 2.92 bits per heavy atom. The Balaban J connectivity index is 2.54. The summed E-state index contributed by atoms with van der Waals surface area (Å²) < 4.78 is 2.00. The van der Waals surface area contributed by atoms with Crippen molar-refractivity contribution in [2.45, 2.75) is 0 Å². The van der Waals surface area contributed by atoms with Crippen LogP contribution in [0, 0.1) is 0 Å². The van der Waals surface area contributed by atoms with Crippen LogP contribution in [0.3, 0.4) is 0 Å². The maximum atomic E-state index is 5.37. The van der Waals surface area contributed by atoms with E-state index in [1.165, 1.54) is 16.0 Å². The van der Waals surface area contributed by atoms with Crippen molar-refractivity contribution in [2.24, 2.45) is 0 Å². The third kappa shape index (κ3) is 1.18. The predicted molar refractivity (Wildman–Crippen MR) is 46.9 cm³/mol. The van der Waals surface area contributed by atoms with Crippen LogP contribution >= 0.6 is 27.3 Å². The van der Waals surface area contributed by atoms with Crippen LogP contribution < -0.4 is 5.73 Å². The standard InChI is InChI=1S/C4H3BrN6S/c5-2-8-3(6)10-11(2)4-9-7-1-12-4/h1H,(H2,6,10). The number of nitrogens with zero attached hydrogens (tertiary/aromatic N) is 5. The molecule has 2 N–H and O–H groups in total. The summed E-state index contributed by atoms with van der Waals surface area (Å²) in [6.07, 6.45) is 0. The molecular weight excluding hydrogens is 244 g/mol. The van der Waals surface area contributed by atoms with E-state index in [1.807, 2.05) is 0 Å². The first-order valence-corrected chi connectivity index (χ1v) is 4.59. The Morgan fingerprint density at radius 2 is 2.42 bits per heavy atom. The topological polar surface area (TPSA) is 82.5 Å². The number of halogens is 1. The maximum absolute atomic E-state index is 5.37. The molecule has 0 unspecified atom stereocenters. The van der Waals surface area contributed by atoms with Crippen molar-refractivity contribution in [3.8, 4) is 5.13 Å². The van der Waals surface area contributed by atoms with Gasteiger partial charge in [0, 0.05) is 0 Å². The summed E-state index contributed by atoms with van der Waals surface area (Å²) >= 11 is 4.54. The Kier molecular flexibility index (Phi) is 1.77. The van der Waals surface area contributed by atoms with E-state index in [9.17, 15) is 0 Å². The first kappa shape index (κ1) is 7.62. The molecule has 0 aliphatic heterocycles. The van der Waals surface area contributed by atoms with Crippen LogP contribution in [0.1, 0.15) is 0 Å². The summed E-state index contributed by atoms with van der Waals surface area (Å²) in [6, 6.07) is 0. The zero-order valence-electron chi connectivity index (χ0n) is 5.68. The summed E-state index contributed by atoms with van der Waals surface area (Å²) in [6.45, 7) is 0. The molecule has 12 heavy (non-hydrogen) atoms. The van der Waals surface area contributed by atoms with Gasteiger partial charge in [0.05, 0.1) is 0 Å². The number of hydrogen-bond donors (Lipinski definition) is 1. The van der Waals surface area contributed by atoms with Gasteiger partial charge in [-0.3, -0.25) is 0 Å². The fraction of sp³-hybridized carbons (Fsp3) is 0. The molecule has 0 saturated heterocycles. The molecule has 0 bridgehead atoms. The molecule has 0 amide bonds. The number of nitrogens with two attached hydrogens (primary N) is 1. The normalized spacial score (nSPS) is 10.4. The Hall–Kier alpha value is -1.02. The molecule has 2 aromatic rings. The van der Waals surface area contributed by atoms with Crippen LogP contribution in [0.2, 0.25) is 0 Å². The van der Waals surface area contributed by atoms with Crippen molar-refractivity contribution < 1.29 is 0 Å². The number of rotatable bonds is 1. The lowest BCUT2D eigenvalue weighted by molar-refractivity contribution is 0.829. The lowest BCUT2D eigenvalue weighted by Crippen LogP contribution is -1.96. The third-order valence-corrected chi connectivity index (χ3v) is 2.29. The maximum Gasteiger partial charge on any atom is 0.241 e. The predicted octanol–water partition coefficient (Wildman–Crippen LogP) is 0.463. The molecule has 0 aromatic carbocycles. The van der Waals surface area contributed by atoms with Crippen molar-refractivity contribution in [3.05, 3.63) is 10.2 Å². The van der Waals surface area contributed by atoms with E-state index in [1.54, 1.807) is 5.51 Å². The summed E-state index contributed by atoms with van der Waals surface area (Å²) in [5.74, 6) is 0.206. The highest BCUT2D eigenvalue weighted by Gasteiger charge is 2.08. The Morgan fingerprint density at radius 1 is 1.58 bits per heavy atom. The van der Waals surface area contributed by atoms with Crippen LogP contribution in [-0.2, 0) is 0 Å². The van der Waals surface area contributed by atoms with Crippen molar-refractivity contribution >= 4 is 33.2 Å². The zero-order valence-corrected chi connectivity index (χ0v) is 8.08. The summed E-state index contributed by atoms with van der Waals surface area (Å²) in [5, 5.41) is 12.0. The first-order valence-electron chi connectivity index (χ1n) is 2.92. The Labute approximate surface area is 79.6 Å². The van der Waals surface area contributed by atoms with E-state index in [0.717, 1.165) is 0 Å². The van der Waals surface area contributed by atoms with E-state index >= 15 is 0 Å². The van der Waals surface area contributed by atoms with Crippen LogP contribution in [0.15, 0.2) is 10.2 Å². The van der Waals surface area contributed by atoms with Gasteiger partial charge in [-0.15, -0.1) is 15.3 Å². The average Bonchev–Trinajstić information content (AvgIpc) is 2.58. The van der Waals surface area contributed by atoms with Crippen molar-refractivity contribution in [1.29, 1.82) is 0 Å². The van der Waals surface area contributed by atoms with Crippen molar-refractivity contribution in [2.75, 3.05) is 5.73 Å². The lowest BCUT2D eigenvalue weighted by Gasteiger charge is -1.90. The van der Waals surface area contributed by atoms with E-state index in [-0.39, 0.29) is 5.95 Å². The van der Waals surface area contributed by atoms with Crippen LogP contribution in [0.25, 0.3) is 5.13 Å². The highest BCUT2D eigenvalue weighted by molar-refractivity contribution is 9.10. The summed E-state index contributed by atoms with van der Waals surface area (Å²) in [5.41, 5.74) is 6.98. The molecule has 62 valence electrons. The molecule has 2 rings (SSSR count). The number of anilines is 1. The summed E-state index contributed by atoms with van der Waals surface area (Å²) in [4.78, 5) is 3.85. The second-order valence-electron chi connectivity index (χ2n) is 1.87. The molecular formula is C4H3BrN6S. The van der Waals surface area contributed by atoms with Gasteiger partial charge in [-0.05, 0) is 15.9 Å². The van der Waals surface area contributed by atoms with E-state index in [0.29, 0.717) is 9.87 Å². The van der Waals surface area contributed by atoms with E-state index < -0.39 is 0 Å². The molecule has 0 radical (unpaired) electrons. The fourth-order valence-electron chi connectivity index (χ4n) is 0.689. The third-order valence-electron chi connectivity index (χ3n) is 1.11. The Bertz CT molecular complexity index is 380. The van der Waals surface area contributed by atoms with E-state index in [2.05, 4.69) is 36.2 Å². The molecule has 0 spiro atoms. The van der Waals surface area contributed by atoms with Gasteiger partial charge in [-0.25, -0.2) is 0 Å². The summed E-state index contributed by atoms with van der Waals surface area (Å²) in [7, 11) is 0. The second-order valence-corrected chi connectivity index (χ2v) is 3.39. The molecule has 0 saturated carbocycles. The zero-order chi connectivity index (χ0) is 8.55.